The molecule has 0 aliphatic rings. The molecule has 0 aliphatic carbocycles. The first-order valence-electron chi connectivity index (χ1n) is 8.11. The Balaban J connectivity index is 1.53. The highest BCUT2D eigenvalue weighted by Gasteiger charge is 2.11. The molecule has 6 nitrogen and oxygen atoms in total. The van der Waals surface area contributed by atoms with Crippen molar-refractivity contribution in [2.45, 2.75) is 20.5 Å². The molecule has 6 heteroatoms. The normalized spacial score (nSPS) is 10.6. The summed E-state index contributed by atoms with van der Waals surface area (Å²) in [6, 6.07) is 12.8. The zero-order valence-corrected chi connectivity index (χ0v) is 14.3. The Labute approximate surface area is 146 Å². The van der Waals surface area contributed by atoms with Crippen LogP contribution in [0.5, 0.6) is 11.5 Å². The second kappa shape index (κ2) is 7.70. The van der Waals surface area contributed by atoms with E-state index in [1.54, 1.807) is 24.3 Å². The van der Waals surface area contributed by atoms with E-state index in [2.05, 4.69) is 4.98 Å². The van der Waals surface area contributed by atoms with Crippen LogP contribution >= 0.6 is 0 Å². The molecule has 0 atom stereocenters. The zero-order valence-electron chi connectivity index (χ0n) is 14.3. The lowest BCUT2D eigenvalue weighted by atomic mass is 10.3. The monoisotopic (exact) mass is 340 g/mol. The maximum atomic E-state index is 11.9. The van der Waals surface area contributed by atoms with Gasteiger partial charge in [0, 0.05) is 6.20 Å². The van der Waals surface area contributed by atoms with Gasteiger partial charge in [-0.15, -0.1) is 0 Å². The number of esters is 1. The standard InChI is InChI=1S/C19H20N2O4/c1-3-23-15-7-9-16(10-8-15)24-13-19(22)25-12-17-14(2)20-18-6-4-5-11-21(17)18/h4-11H,3,12-13H2,1-2H3. The lowest BCUT2D eigenvalue weighted by molar-refractivity contribution is -0.147. The number of carbonyl (C=O) groups excluding carboxylic acids is 1. The summed E-state index contributed by atoms with van der Waals surface area (Å²) < 4.78 is 18.0. The number of fused-ring (bicyclic) bond motifs is 1. The van der Waals surface area contributed by atoms with Crippen molar-refractivity contribution in [3.63, 3.8) is 0 Å². The van der Waals surface area contributed by atoms with E-state index < -0.39 is 5.97 Å². The summed E-state index contributed by atoms with van der Waals surface area (Å²) in [4.78, 5) is 16.4. The number of aromatic nitrogens is 2. The lowest BCUT2D eigenvalue weighted by Gasteiger charge is -2.08. The van der Waals surface area contributed by atoms with Gasteiger partial charge in [-0.1, -0.05) is 6.07 Å². The zero-order chi connectivity index (χ0) is 17.6. The molecule has 0 spiro atoms. The fraction of sp³-hybridized carbons (Fsp3) is 0.263. The number of aryl methyl sites for hydroxylation is 1. The van der Waals surface area contributed by atoms with Gasteiger partial charge < -0.3 is 18.6 Å². The van der Waals surface area contributed by atoms with Crippen LogP contribution in [-0.4, -0.2) is 28.6 Å². The first-order valence-corrected chi connectivity index (χ1v) is 8.11. The van der Waals surface area contributed by atoms with Crippen LogP contribution in [0.2, 0.25) is 0 Å². The van der Waals surface area contributed by atoms with Crippen LogP contribution in [0.4, 0.5) is 0 Å². The molecule has 2 heterocycles. The predicted molar refractivity (Wildman–Crippen MR) is 92.8 cm³/mol. The average molecular weight is 340 g/mol. The van der Waals surface area contributed by atoms with Gasteiger partial charge in [-0.2, -0.15) is 0 Å². The van der Waals surface area contributed by atoms with Gasteiger partial charge in [0.15, 0.2) is 6.61 Å². The van der Waals surface area contributed by atoms with E-state index in [-0.39, 0.29) is 13.2 Å². The van der Waals surface area contributed by atoms with Crippen LogP contribution in [0.1, 0.15) is 18.3 Å². The number of carbonyl (C=O) groups is 1. The van der Waals surface area contributed by atoms with Crippen LogP contribution in [0.3, 0.4) is 0 Å². The van der Waals surface area contributed by atoms with Gasteiger partial charge in [-0.3, -0.25) is 0 Å². The quantitative estimate of drug-likeness (QED) is 0.618. The SMILES string of the molecule is CCOc1ccc(OCC(=O)OCc2c(C)nc3ccccn23)cc1. The van der Waals surface area contributed by atoms with Crippen LogP contribution in [0.15, 0.2) is 48.7 Å². The van der Waals surface area contributed by atoms with E-state index in [1.165, 1.54) is 0 Å². The molecule has 130 valence electrons. The minimum absolute atomic E-state index is 0.149. The maximum Gasteiger partial charge on any atom is 0.344 e. The van der Waals surface area contributed by atoms with Crippen molar-refractivity contribution in [2.75, 3.05) is 13.2 Å². The van der Waals surface area contributed by atoms with E-state index in [4.69, 9.17) is 14.2 Å². The molecule has 25 heavy (non-hydrogen) atoms. The van der Waals surface area contributed by atoms with Gasteiger partial charge in [0.25, 0.3) is 0 Å². The number of ether oxygens (including phenoxy) is 3. The molecule has 0 saturated heterocycles. The summed E-state index contributed by atoms with van der Waals surface area (Å²) in [5.74, 6) is 0.922. The minimum atomic E-state index is -0.431. The van der Waals surface area contributed by atoms with E-state index in [9.17, 15) is 4.79 Å². The Bertz CT molecular complexity index is 855. The topological polar surface area (TPSA) is 62.1 Å². The van der Waals surface area contributed by atoms with Gasteiger partial charge in [0.1, 0.15) is 23.8 Å². The molecular weight excluding hydrogens is 320 g/mol. The minimum Gasteiger partial charge on any atom is -0.494 e. The smallest absolute Gasteiger partial charge is 0.344 e. The Kier molecular flexibility index (Phi) is 5.18. The van der Waals surface area contributed by atoms with Crippen molar-refractivity contribution in [3.05, 3.63) is 60.0 Å². The molecule has 0 saturated carbocycles. The maximum absolute atomic E-state index is 11.9. The molecule has 0 N–H and O–H groups in total. The van der Waals surface area contributed by atoms with Crippen molar-refractivity contribution in [3.8, 4) is 11.5 Å². The van der Waals surface area contributed by atoms with E-state index in [0.717, 1.165) is 22.8 Å². The number of hydrogen-bond donors (Lipinski definition) is 0. The number of nitrogens with zero attached hydrogens (tertiary/aromatic N) is 2. The van der Waals surface area contributed by atoms with Crippen LogP contribution in [0.25, 0.3) is 5.65 Å². The Hall–Kier alpha value is -3.02. The van der Waals surface area contributed by atoms with Gasteiger partial charge >= 0.3 is 5.97 Å². The fourth-order valence-corrected chi connectivity index (χ4v) is 2.47. The lowest BCUT2D eigenvalue weighted by Crippen LogP contribution is -2.15. The molecule has 0 unspecified atom stereocenters. The van der Waals surface area contributed by atoms with Gasteiger partial charge in [-0.25, -0.2) is 9.78 Å². The van der Waals surface area contributed by atoms with Crippen LogP contribution in [0, 0.1) is 6.92 Å². The van der Waals surface area contributed by atoms with E-state index in [0.29, 0.717) is 12.4 Å². The van der Waals surface area contributed by atoms with E-state index in [1.807, 2.05) is 42.6 Å². The van der Waals surface area contributed by atoms with Crippen molar-refractivity contribution < 1.29 is 19.0 Å². The highest BCUT2D eigenvalue weighted by atomic mass is 16.6. The second-order valence-corrected chi connectivity index (χ2v) is 5.43. The summed E-state index contributed by atoms with van der Waals surface area (Å²) >= 11 is 0. The van der Waals surface area contributed by atoms with E-state index >= 15 is 0 Å². The van der Waals surface area contributed by atoms with Crippen molar-refractivity contribution in [1.82, 2.24) is 9.38 Å². The van der Waals surface area contributed by atoms with Crippen molar-refractivity contribution in [1.29, 1.82) is 0 Å². The first-order chi connectivity index (χ1) is 12.2. The molecule has 3 rings (SSSR count). The molecule has 0 fully saturated rings. The summed E-state index contributed by atoms with van der Waals surface area (Å²) in [5.41, 5.74) is 2.52. The van der Waals surface area contributed by atoms with Crippen molar-refractivity contribution in [2.24, 2.45) is 0 Å². The van der Waals surface area contributed by atoms with Gasteiger partial charge in [-0.05, 0) is 50.2 Å². The van der Waals surface area contributed by atoms with Gasteiger partial charge in [0.2, 0.25) is 0 Å². The number of rotatable bonds is 7. The van der Waals surface area contributed by atoms with Crippen LogP contribution < -0.4 is 9.47 Å². The molecule has 0 aliphatic heterocycles. The second-order valence-electron chi connectivity index (χ2n) is 5.43. The number of imidazole rings is 1. The third kappa shape index (κ3) is 4.09. The van der Waals surface area contributed by atoms with Crippen LogP contribution in [-0.2, 0) is 16.1 Å². The Morgan fingerprint density at radius 2 is 1.80 bits per heavy atom. The summed E-state index contributed by atoms with van der Waals surface area (Å²) in [7, 11) is 0. The Morgan fingerprint density at radius 1 is 1.08 bits per heavy atom. The highest BCUT2D eigenvalue weighted by Crippen LogP contribution is 2.17. The summed E-state index contributed by atoms with van der Waals surface area (Å²) in [6.45, 7) is 4.43. The molecule has 1 aromatic carbocycles. The largest absolute Gasteiger partial charge is 0.494 e. The summed E-state index contributed by atoms with van der Waals surface area (Å²) in [6.07, 6.45) is 1.90. The Morgan fingerprint density at radius 3 is 2.52 bits per heavy atom. The number of benzene rings is 1. The molecular formula is C19H20N2O4. The van der Waals surface area contributed by atoms with Crippen molar-refractivity contribution >= 4 is 11.6 Å². The van der Waals surface area contributed by atoms with Gasteiger partial charge in [0.05, 0.1) is 18.0 Å². The number of hydrogen-bond acceptors (Lipinski definition) is 5. The third-order valence-electron chi connectivity index (χ3n) is 3.69. The molecule has 3 aromatic rings. The highest BCUT2D eigenvalue weighted by molar-refractivity contribution is 5.71. The molecule has 0 bridgehead atoms. The summed E-state index contributed by atoms with van der Waals surface area (Å²) in [5, 5.41) is 0. The molecule has 2 aromatic heterocycles. The fourth-order valence-electron chi connectivity index (χ4n) is 2.47. The number of pyridine rings is 1. The predicted octanol–water partition coefficient (Wildman–Crippen LogP) is 3.16. The molecule has 0 radical (unpaired) electrons. The molecule has 0 amide bonds. The third-order valence-corrected chi connectivity index (χ3v) is 3.69. The first kappa shape index (κ1) is 16.8. The average Bonchev–Trinajstić information content (AvgIpc) is 2.95.